The second kappa shape index (κ2) is 11.0. The van der Waals surface area contributed by atoms with E-state index in [1.54, 1.807) is 11.8 Å². The van der Waals surface area contributed by atoms with Gasteiger partial charge in [0.25, 0.3) is 0 Å². The highest BCUT2D eigenvalue weighted by molar-refractivity contribution is 8.02. The average molecular weight is 374 g/mol. The zero-order chi connectivity index (χ0) is 19.7. The van der Waals surface area contributed by atoms with E-state index in [1.165, 1.54) is 17.2 Å². The Morgan fingerprint density at radius 1 is 1.35 bits per heavy atom. The van der Waals surface area contributed by atoms with E-state index in [1.807, 2.05) is 0 Å². The number of carbonyl (C=O) groups excluding carboxylic acids is 1. The number of hydrogen-bond acceptors (Lipinski definition) is 4. The molecule has 1 rings (SSSR count). The fourth-order valence-corrected chi connectivity index (χ4v) is 3.00. The predicted octanol–water partition coefficient (Wildman–Crippen LogP) is 5.14. The van der Waals surface area contributed by atoms with E-state index < -0.39 is 0 Å². The summed E-state index contributed by atoms with van der Waals surface area (Å²) in [5.41, 5.74) is 4.66. The molecule has 0 spiro atoms. The normalized spacial score (nSPS) is 11.5. The summed E-state index contributed by atoms with van der Waals surface area (Å²) in [4.78, 5) is 20.8. The molecule has 1 aromatic rings. The highest BCUT2D eigenvalue weighted by atomic mass is 32.2. The van der Waals surface area contributed by atoms with Crippen molar-refractivity contribution in [3.63, 3.8) is 0 Å². The van der Waals surface area contributed by atoms with Crippen molar-refractivity contribution in [2.75, 3.05) is 0 Å². The number of nitrogens with one attached hydrogen (secondary N) is 1. The molecule has 0 saturated heterocycles. The fourth-order valence-electron chi connectivity index (χ4n) is 2.07. The van der Waals surface area contributed by atoms with Gasteiger partial charge in [-0.3, -0.25) is 4.79 Å². The first-order chi connectivity index (χ1) is 12.3. The van der Waals surface area contributed by atoms with Crippen LogP contribution in [0.4, 0.5) is 0 Å². The van der Waals surface area contributed by atoms with Crippen LogP contribution < -0.4 is 5.32 Å². The first-order valence-corrected chi connectivity index (χ1v) is 9.93. The van der Waals surface area contributed by atoms with Gasteiger partial charge >= 0.3 is 0 Å². The zero-order valence-corrected chi connectivity index (χ0v) is 17.5. The highest BCUT2D eigenvalue weighted by Crippen LogP contribution is 2.26. The van der Waals surface area contributed by atoms with Crippen molar-refractivity contribution < 1.29 is 4.79 Å². The molecule has 0 aliphatic carbocycles. The number of hydrogen-bond donors (Lipinski definition) is 1. The Kier molecular flexibility index (Phi) is 9.35. The lowest BCUT2D eigenvalue weighted by atomic mass is 9.98. The molecule has 1 aromatic heterocycles. The smallest absolute Gasteiger partial charge is 0.243 e. The molecule has 1 N–H and O–H groups in total. The van der Waals surface area contributed by atoms with Crippen LogP contribution in [0.3, 0.4) is 0 Å². The molecule has 0 atom stereocenters. The van der Waals surface area contributed by atoms with Crippen molar-refractivity contribution in [2.24, 2.45) is 5.92 Å². The van der Waals surface area contributed by atoms with Gasteiger partial charge in [0.15, 0.2) is 0 Å². The van der Waals surface area contributed by atoms with Gasteiger partial charge in [-0.15, -0.1) is 0 Å². The monoisotopic (exact) mass is 373 g/mol. The molecule has 26 heavy (non-hydrogen) atoms. The van der Waals surface area contributed by atoms with Crippen LogP contribution in [0.5, 0.6) is 0 Å². The standard InChI is InChI=1S/C21H31N3OS/c1-8-15(5)13-26-21-17(7)18(11-10-16(6)14(3)4)23-19(24-21)12-22-20(25)9-2/h9,13-14H,2,6,8,10-12H2,1,3-5,7H3,(H,22,25)/b15-13+. The quantitative estimate of drug-likeness (QED) is 0.267. The van der Waals surface area contributed by atoms with Gasteiger partial charge in [0, 0.05) is 11.3 Å². The van der Waals surface area contributed by atoms with Gasteiger partial charge in [0.2, 0.25) is 5.91 Å². The van der Waals surface area contributed by atoms with E-state index in [9.17, 15) is 4.79 Å². The Labute approximate surface area is 162 Å². The van der Waals surface area contributed by atoms with Gasteiger partial charge < -0.3 is 5.32 Å². The third kappa shape index (κ3) is 7.16. The van der Waals surface area contributed by atoms with Crippen LogP contribution in [0.2, 0.25) is 0 Å². The largest absolute Gasteiger partial charge is 0.345 e. The Bertz CT molecular complexity index is 693. The number of nitrogens with zero attached hydrogens (tertiary/aromatic N) is 2. The zero-order valence-electron chi connectivity index (χ0n) is 16.7. The summed E-state index contributed by atoms with van der Waals surface area (Å²) < 4.78 is 0. The van der Waals surface area contributed by atoms with Crippen molar-refractivity contribution in [2.45, 2.75) is 65.5 Å². The summed E-state index contributed by atoms with van der Waals surface area (Å²) in [6, 6.07) is 0. The summed E-state index contributed by atoms with van der Waals surface area (Å²) in [6.07, 6.45) is 4.00. The predicted molar refractivity (Wildman–Crippen MR) is 111 cm³/mol. The second-order valence-electron chi connectivity index (χ2n) is 6.69. The number of rotatable bonds is 10. The van der Waals surface area contributed by atoms with Crippen molar-refractivity contribution in [1.82, 2.24) is 15.3 Å². The van der Waals surface area contributed by atoms with E-state index in [4.69, 9.17) is 0 Å². The summed E-state index contributed by atoms with van der Waals surface area (Å²) in [6.45, 7) is 18.6. The number of carbonyl (C=O) groups is 1. The molecule has 0 aromatic carbocycles. The lowest BCUT2D eigenvalue weighted by Gasteiger charge is -2.14. The molecule has 0 aliphatic heterocycles. The molecule has 142 valence electrons. The maximum Gasteiger partial charge on any atom is 0.243 e. The van der Waals surface area contributed by atoms with Crippen LogP contribution in [0.15, 0.2) is 40.8 Å². The highest BCUT2D eigenvalue weighted by Gasteiger charge is 2.13. The maximum absolute atomic E-state index is 11.5. The van der Waals surface area contributed by atoms with Crippen LogP contribution in [0.25, 0.3) is 0 Å². The minimum absolute atomic E-state index is 0.222. The van der Waals surface area contributed by atoms with Gasteiger partial charge in [0.05, 0.1) is 6.54 Å². The van der Waals surface area contributed by atoms with Crippen LogP contribution in [0.1, 0.15) is 57.6 Å². The summed E-state index contributed by atoms with van der Waals surface area (Å²) in [5.74, 6) is 0.869. The molecule has 1 heterocycles. The van der Waals surface area contributed by atoms with Crippen LogP contribution in [-0.2, 0) is 17.8 Å². The van der Waals surface area contributed by atoms with Crippen LogP contribution >= 0.6 is 11.8 Å². The van der Waals surface area contributed by atoms with Gasteiger partial charge in [-0.05, 0) is 50.5 Å². The van der Waals surface area contributed by atoms with Crippen molar-refractivity contribution in [3.8, 4) is 0 Å². The van der Waals surface area contributed by atoms with Crippen LogP contribution in [-0.4, -0.2) is 15.9 Å². The molecule has 0 unspecified atom stereocenters. The Morgan fingerprint density at radius 2 is 2.04 bits per heavy atom. The average Bonchev–Trinajstić information content (AvgIpc) is 2.63. The Hall–Kier alpha value is -1.88. The minimum Gasteiger partial charge on any atom is -0.345 e. The molecular formula is C21H31N3OS. The van der Waals surface area contributed by atoms with E-state index in [-0.39, 0.29) is 5.91 Å². The van der Waals surface area contributed by atoms with Crippen LogP contribution in [0, 0.1) is 12.8 Å². The lowest BCUT2D eigenvalue weighted by Crippen LogP contribution is -2.22. The maximum atomic E-state index is 11.5. The number of thioether (sulfide) groups is 1. The number of aromatic nitrogens is 2. The first kappa shape index (κ1) is 22.2. The summed E-state index contributed by atoms with van der Waals surface area (Å²) in [5, 5.41) is 5.84. The third-order valence-electron chi connectivity index (χ3n) is 4.28. The van der Waals surface area contributed by atoms with Gasteiger partial charge in [-0.1, -0.05) is 56.8 Å². The molecule has 0 aliphatic rings. The molecule has 0 fully saturated rings. The molecule has 0 radical (unpaired) electrons. The fraction of sp³-hybridized carbons (Fsp3) is 0.476. The van der Waals surface area contributed by atoms with E-state index >= 15 is 0 Å². The summed E-state index contributed by atoms with van der Waals surface area (Å²) >= 11 is 1.62. The number of amides is 1. The lowest BCUT2D eigenvalue weighted by molar-refractivity contribution is -0.116. The molecule has 0 saturated carbocycles. The molecule has 5 heteroatoms. The summed E-state index contributed by atoms with van der Waals surface area (Å²) in [7, 11) is 0. The molecule has 1 amide bonds. The molecule has 0 bridgehead atoms. The van der Waals surface area contributed by atoms with Crippen molar-refractivity contribution >= 4 is 17.7 Å². The van der Waals surface area contributed by atoms with Gasteiger partial charge in [-0.2, -0.15) is 0 Å². The Balaban J connectivity index is 3.09. The van der Waals surface area contributed by atoms with E-state index in [2.05, 4.69) is 68.5 Å². The molecule has 4 nitrogen and oxygen atoms in total. The van der Waals surface area contributed by atoms with Crippen molar-refractivity contribution in [1.29, 1.82) is 0 Å². The number of aryl methyl sites for hydroxylation is 1. The van der Waals surface area contributed by atoms with Gasteiger partial charge in [0.1, 0.15) is 10.9 Å². The third-order valence-corrected chi connectivity index (χ3v) is 5.42. The second-order valence-corrected chi connectivity index (χ2v) is 7.55. The van der Waals surface area contributed by atoms with Crippen molar-refractivity contribution in [3.05, 3.63) is 52.9 Å². The minimum atomic E-state index is -0.222. The molecular weight excluding hydrogens is 342 g/mol. The van der Waals surface area contributed by atoms with E-state index in [0.717, 1.165) is 35.5 Å². The SMILES string of the molecule is C=CC(=O)NCc1nc(CCC(=C)C(C)C)c(C)c(S/C=C(\C)CC)n1. The topological polar surface area (TPSA) is 54.9 Å². The first-order valence-electron chi connectivity index (χ1n) is 9.05. The van der Waals surface area contributed by atoms with Gasteiger partial charge in [-0.25, -0.2) is 9.97 Å². The van der Waals surface area contributed by atoms with E-state index in [0.29, 0.717) is 18.3 Å². The Morgan fingerprint density at radius 3 is 2.62 bits per heavy atom. The number of allylic oxidation sites excluding steroid dienone is 2.